The van der Waals surface area contributed by atoms with E-state index in [2.05, 4.69) is 22.0 Å². The van der Waals surface area contributed by atoms with Crippen LogP contribution in [0.1, 0.15) is 51.5 Å². The third-order valence-electron chi connectivity index (χ3n) is 4.22. The summed E-state index contributed by atoms with van der Waals surface area (Å²) in [6.07, 6.45) is 9.43. The topological polar surface area (TPSA) is 51.0 Å². The predicted molar refractivity (Wildman–Crippen MR) is 66.9 cm³/mol. The summed E-state index contributed by atoms with van der Waals surface area (Å²) in [4.78, 5) is 16.1. The van der Waals surface area contributed by atoms with Crippen LogP contribution in [0.25, 0.3) is 0 Å². The maximum absolute atomic E-state index is 12.1. The summed E-state index contributed by atoms with van der Waals surface area (Å²) < 4.78 is 0. The van der Waals surface area contributed by atoms with Crippen molar-refractivity contribution >= 4 is 5.91 Å². The first-order chi connectivity index (χ1) is 8.79. The molecule has 0 aromatic carbocycles. The Morgan fingerprint density at radius 3 is 2.33 bits per heavy atom. The van der Waals surface area contributed by atoms with Crippen LogP contribution in [0, 0.1) is 0 Å². The molecule has 3 rings (SSSR count). The Balaban J connectivity index is 1.72. The SMILES string of the molecule is CCCC(=O)N1C2CCC1CC(n1nccn1)C2. The molecule has 2 atom stereocenters. The fourth-order valence-electron chi connectivity index (χ4n) is 3.50. The van der Waals surface area contributed by atoms with Gasteiger partial charge in [-0.25, -0.2) is 0 Å². The first kappa shape index (κ1) is 11.7. The molecule has 5 heteroatoms. The number of piperidine rings is 1. The molecule has 0 saturated carbocycles. The molecule has 2 aliphatic heterocycles. The normalized spacial score (nSPS) is 30.7. The zero-order chi connectivity index (χ0) is 12.5. The van der Waals surface area contributed by atoms with Gasteiger partial charge in [0, 0.05) is 18.5 Å². The number of nitrogens with zero attached hydrogens (tertiary/aromatic N) is 4. The second-order valence-corrected chi connectivity index (χ2v) is 5.41. The van der Waals surface area contributed by atoms with E-state index in [9.17, 15) is 4.79 Å². The molecule has 2 unspecified atom stereocenters. The summed E-state index contributed by atoms with van der Waals surface area (Å²) in [5.74, 6) is 0.344. The van der Waals surface area contributed by atoms with Crippen LogP contribution in [-0.4, -0.2) is 37.9 Å². The van der Waals surface area contributed by atoms with E-state index in [0.29, 0.717) is 30.5 Å². The number of aromatic nitrogens is 3. The Morgan fingerprint density at radius 2 is 1.78 bits per heavy atom. The molecule has 2 aliphatic rings. The van der Waals surface area contributed by atoms with Crippen LogP contribution < -0.4 is 0 Å². The highest BCUT2D eigenvalue weighted by Crippen LogP contribution is 2.40. The standard InChI is InChI=1S/C13H20N4O/c1-2-3-13(18)16-10-4-5-11(16)9-12(8-10)17-14-6-7-15-17/h6-7,10-12H,2-5,8-9H2,1H3. The van der Waals surface area contributed by atoms with Crippen molar-refractivity contribution in [2.75, 3.05) is 0 Å². The zero-order valence-corrected chi connectivity index (χ0v) is 10.8. The molecule has 3 heterocycles. The Kier molecular flexibility index (Phi) is 3.06. The van der Waals surface area contributed by atoms with Crippen LogP contribution >= 0.6 is 0 Å². The van der Waals surface area contributed by atoms with E-state index in [1.165, 1.54) is 0 Å². The van der Waals surface area contributed by atoms with Crippen LogP contribution in [0.2, 0.25) is 0 Å². The van der Waals surface area contributed by atoms with Gasteiger partial charge in [0.1, 0.15) is 0 Å². The van der Waals surface area contributed by atoms with Gasteiger partial charge in [-0.3, -0.25) is 4.79 Å². The van der Waals surface area contributed by atoms with Crippen molar-refractivity contribution in [3.05, 3.63) is 12.4 Å². The average molecular weight is 248 g/mol. The van der Waals surface area contributed by atoms with Gasteiger partial charge in [0.25, 0.3) is 0 Å². The van der Waals surface area contributed by atoms with Gasteiger partial charge < -0.3 is 4.90 Å². The smallest absolute Gasteiger partial charge is 0.223 e. The largest absolute Gasteiger partial charge is 0.337 e. The lowest BCUT2D eigenvalue weighted by Crippen LogP contribution is -2.47. The van der Waals surface area contributed by atoms with Gasteiger partial charge in [-0.15, -0.1) is 0 Å². The van der Waals surface area contributed by atoms with Gasteiger partial charge in [-0.2, -0.15) is 15.0 Å². The molecule has 2 fully saturated rings. The van der Waals surface area contributed by atoms with Crippen LogP contribution in [0.4, 0.5) is 0 Å². The second kappa shape index (κ2) is 4.71. The van der Waals surface area contributed by atoms with Gasteiger partial charge in [0.15, 0.2) is 0 Å². The molecule has 0 aliphatic carbocycles. The summed E-state index contributed by atoms with van der Waals surface area (Å²) in [6.45, 7) is 2.07. The number of hydrogen-bond acceptors (Lipinski definition) is 3. The van der Waals surface area contributed by atoms with Crippen LogP contribution in [0.3, 0.4) is 0 Å². The van der Waals surface area contributed by atoms with Crippen LogP contribution in [0.15, 0.2) is 12.4 Å². The molecule has 5 nitrogen and oxygen atoms in total. The Hall–Kier alpha value is -1.39. The number of carbonyl (C=O) groups excluding carboxylic acids is 1. The lowest BCUT2D eigenvalue weighted by Gasteiger charge is -2.38. The van der Waals surface area contributed by atoms with E-state index in [-0.39, 0.29) is 0 Å². The molecule has 0 radical (unpaired) electrons. The van der Waals surface area contributed by atoms with E-state index in [0.717, 1.165) is 32.1 Å². The Labute approximate surface area is 107 Å². The molecule has 18 heavy (non-hydrogen) atoms. The third-order valence-corrected chi connectivity index (χ3v) is 4.22. The summed E-state index contributed by atoms with van der Waals surface area (Å²) in [7, 11) is 0. The summed E-state index contributed by atoms with van der Waals surface area (Å²) in [6, 6.07) is 1.21. The average Bonchev–Trinajstić information content (AvgIpc) is 2.97. The highest BCUT2D eigenvalue weighted by molar-refractivity contribution is 5.77. The molecule has 1 aromatic heterocycles. The Morgan fingerprint density at radius 1 is 1.17 bits per heavy atom. The quantitative estimate of drug-likeness (QED) is 0.819. The van der Waals surface area contributed by atoms with Gasteiger partial charge >= 0.3 is 0 Å². The van der Waals surface area contributed by atoms with Crippen LogP contribution in [0.5, 0.6) is 0 Å². The van der Waals surface area contributed by atoms with Gasteiger partial charge in [-0.1, -0.05) is 6.92 Å². The molecule has 98 valence electrons. The maximum atomic E-state index is 12.1. The van der Waals surface area contributed by atoms with E-state index < -0.39 is 0 Å². The number of carbonyl (C=O) groups is 1. The number of fused-ring (bicyclic) bond motifs is 2. The minimum atomic E-state index is 0.344. The first-order valence-corrected chi connectivity index (χ1v) is 6.96. The maximum Gasteiger partial charge on any atom is 0.223 e. The predicted octanol–water partition coefficient (Wildman–Crippen LogP) is 1.77. The van der Waals surface area contributed by atoms with Crippen molar-refractivity contribution in [1.29, 1.82) is 0 Å². The number of hydrogen-bond donors (Lipinski definition) is 0. The highest BCUT2D eigenvalue weighted by atomic mass is 16.2. The van der Waals surface area contributed by atoms with Gasteiger partial charge in [-0.05, 0) is 32.1 Å². The molecule has 2 saturated heterocycles. The minimum absolute atomic E-state index is 0.344. The second-order valence-electron chi connectivity index (χ2n) is 5.41. The van der Waals surface area contributed by atoms with E-state index in [1.807, 2.05) is 4.80 Å². The van der Waals surface area contributed by atoms with Crippen molar-refractivity contribution in [1.82, 2.24) is 19.9 Å². The van der Waals surface area contributed by atoms with Crippen molar-refractivity contribution in [3.63, 3.8) is 0 Å². The minimum Gasteiger partial charge on any atom is -0.337 e. The fourth-order valence-corrected chi connectivity index (χ4v) is 3.50. The van der Waals surface area contributed by atoms with Crippen molar-refractivity contribution in [2.45, 2.75) is 63.6 Å². The number of rotatable bonds is 3. The van der Waals surface area contributed by atoms with Gasteiger partial charge in [0.2, 0.25) is 5.91 Å². The molecule has 0 N–H and O–H groups in total. The van der Waals surface area contributed by atoms with Crippen molar-refractivity contribution < 1.29 is 4.79 Å². The lowest BCUT2D eigenvalue weighted by atomic mass is 9.97. The first-order valence-electron chi connectivity index (χ1n) is 6.96. The van der Waals surface area contributed by atoms with E-state index in [1.54, 1.807) is 12.4 Å². The molecular formula is C13H20N4O. The summed E-state index contributed by atoms with van der Waals surface area (Å²) >= 11 is 0. The zero-order valence-electron chi connectivity index (χ0n) is 10.8. The van der Waals surface area contributed by atoms with Crippen LogP contribution in [-0.2, 0) is 4.79 Å². The van der Waals surface area contributed by atoms with Gasteiger partial charge in [0.05, 0.1) is 18.4 Å². The lowest BCUT2D eigenvalue weighted by molar-refractivity contribution is -0.136. The molecule has 0 spiro atoms. The molecule has 2 bridgehead atoms. The van der Waals surface area contributed by atoms with Crippen molar-refractivity contribution in [3.8, 4) is 0 Å². The molecule has 1 aromatic rings. The molecule has 1 amide bonds. The highest BCUT2D eigenvalue weighted by Gasteiger charge is 2.43. The fraction of sp³-hybridized carbons (Fsp3) is 0.769. The number of amides is 1. The van der Waals surface area contributed by atoms with E-state index >= 15 is 0 Å². The van der Waals surface area contributed by atoms with E-state index in [4.69, 9.17) is 0 Å². The summed E-state index contributed by atoms with van der Waals surface area (Å²) in [5, 5.41) is 8.49. The van der Waals surface area contributed by atoms with Crippen molar-refractivity contribution in [2.24, 2.45) is 0 Å². The monoisotopic (exact) mass is 248 g/mol. The molecular weight excluding hydrogens is 228 g/mol. The summed E-state index contributed by atoms with van der Waals surface area (Å²) in [5.41, 5.74) is 0. The Bertz CT molecular complexity index is 403. The third kappa shape index (κ3) is 1.91.